The smallest absolute Gasteiger partial charge is 0.320 e. The van der Waals surface area contributed by atoms with Crippen molar-refractivity contribution in [3.63, 3.8) is 0 Å². The van der Waals surface area contributed by atoms with Crippen molar-refractivity contribution in [1.82, 2.24) is 19.5 Å². The van der Waals surface area contributed by atoms with Gasteiger partial charge in [-0.05, 0) is 38.0 Å². The molecule has 8 nitrogen and oxygen atoms in total. The SMILES string of the molecule is COc1ccc2cc1Cn1c(C)nc3c(N)nc(nc31)OCCCCO2. The van der Waals surface area contributed by atoms with Gasteiger partial charge in [-0.1, -0.05) is 0 Å². The average Bonchev–Trinajstić information content (AvgIpc) is 2.94. The van der Waals surface area contributed by atoms with Crippen molar-refractivity contribution in [2.75, 3.05) is 26.1 Å². The van der Waals surface area contributed by atoms with Gasteiger partial charge in [0, 0.05) is 5.56 Å². The monoisotopic (exact) mass is 355 g/mol. The lowest BCUT2D eigenvalue weighted by Crippen LogP contribution is -2.09. The summed E-state index contributed by atoms with van der Waals surface area (Å²) in [6.07, 6.45) is 1.71. The first-order chi connectivity index (χ1) is 12.7. The molecule has 0 spiro atoms. The Morgan fingerprint density at radius 1 is 1.12 bits per heavy atom. The maximum absolute atomic E-state index is 6.08. The van der Waals surface area contributed by atoms with Crippen molar-refractivity contribution in [2.24, 2.45) is 0 Å². The molecular weight excluding hydrogens is 334 g/mol. The Kier molecular flexibility index (Phi) is 4.24. The number of aromatic nitrogens is 4. The number of methoxy groups -OCH3 is 1. The third-order valence-electron chi connectivity index (χ3n) is 4.41. The minimum absolute atomic E-state index is 0.273. The zero-order valence-electron chi connectivity index (χ0n) is 14.9. The normalized spacial score (nSPS) is 14.5. The molecule has 2 aromatic heterocycles. The summed E-state index contributed by atoms with van der Waals surface area (Å²) in [6, 6.07) is 6.11. The highest BCUT2D eigenvalue weighted by Gasteiger charge is 2.17. The van der Waals surface area contributed by atoms with Gasteiger partial charge in [-0.25, -0.2) is 4.98 Å². The fourth-order valence-corrected chi connectivity index (χ4v) is 3.06. The van der Waals surface area contributed by atoms with E-state index in [0.717, 1.165) is 35.7 Å². The summed E-state index contributed by atoms with van der Waals surface area (Å²) in [7, 11) is 1.66. The number of imidazole rings is 1. The highest BCUT2D eigenvalue weighted by atomic mass is 16.5. The van der Waals surface area contributed by atoms with Gasteiger partial charge in [-0.3, -0.25) is 0 Å². The second kappa shape index (κ2) is 6.70. The number of nitrogen functional groups attached to an aromatic ring is 1. The van der Waals surface area contributed by atoms with Crippen LogP contribution < -0.4 is 19.9 Å². The summed E-state index contributed by atoms with van der Waals surface area (Å²) in [6.45, 7) is 3.57. The molecule has 8 heteroatoms. The molecule has 0 atom stereocenters. The number of rotatable bonds is 1. The van der Waals surface area contributed by atoms with Gasteiger partial charge in [0.2, 0.25) is 0 Å². The Morgan fingerprint density at radius 3 is 2.73 bits per heavy atom. The van der Waals surface area contributed by atoms with Crippen LogP contribution in [0.4, 0.5) is 5.82 Å². The highest BCUT2D eigenvalue weighted by molar-refractivity contribution is 5.82. The predicted molar refractivity (Wildman–Crippen MR) is 96.8 cm³/mol. The molecule has 0 fully saturated rings. The zero-order chi connectivity index (χ0) is 18.1. The molecule has 1 aliphatic rings. The maximum atomic E-state index is 6.08. The van der Waals surface area contributed by atoms with E-state index in [0.29, 0.717) is 36.7 Å². The fourth-order valence-electron chi connectivity index (χ4n) is 3.06. The van der Waals surface area contributed by atoms with E-state index in [4.69, 9.17) is 19.9 Å². The van der Waals surface area contributed by atoms with Crippen LogP contribution in [0, 0.1) is 6.92 Å². The van der Waals surface area contributed by atoms with Gasteiger partial charge in [0.25, 0.3) is 0 Å². The summed E-state index contributed by atoms with van der Waals surface area (Å²) in [5.74, 6) is 2.71. The minimum atomic E-state index is 0.273. The molecule has 1 aromatic carbocycles. The van der Waals surface area contributed by atoms with Gasteiger partial charge in [0.1, 0.15) is 17.3 Å². The van der Waals surface area contributed by atoms with Crippen molar-refractivity contribution in [3.8, 4) is 17.5 Å². The molecule has 0 radical (unpaired) electrons. The Bertz CT molecular complexity index is 954. The number of hydrogen-bond donors (Lipinski definition) is 1. The van der Waals surface area contributed by atoms with Crippen LogP contribution in [0.1, 0.15) is 24.2 Å². The summed E-state index contributed by atoms with van der Waals surface area (Å²) < 4.78 is 19.0. The molecule has 3 aromatic rings. The van der Waals surface area contributed by atoms with E-state index in [1.807, 2.05) is 29.7 Å². The average molecular weight is 355 g/mol. The third kappa shape index (κ3) is 2.98. The molecule has 136 valence electrons. The first kappa shape index (κ1) is 16.4. The van der Waals surface area contributed by atoms with Crippen LogP contribution in [0.25, 0.3) is 11.2 Å². The van der Waals surface area contributed by atoms with Crippen molar-refractivity contribution in [3.05, 3.63) is 29.6 Å². The molecule has 0 amide bonds. The summed E-state index contributed by atoms with van der Waals surface area (Å²) in [4.78, 5) is 13.3. The van der Waals surface area contributed by atoms with Gasteiger partial charge >= 0.3 is 6.01 Å². The van der Waals surface area contributed by atoms with Crippen LogP contribution in [0.5, 0.6) is 17.5 Å². The van der Waals surface area contributed by atoms with E-state index >= 15 is 0 Å². The number of ether oxygens (including phenoxy) is 3. The van der Waals surface area contributed by atoms with Gasteiger partial charge < -0.3 is 24.5 Å². The van der Waals surface area contributed by atoms with E-state index in [1.165, 1.54) is 0 Å². The summed E-state index contributed by atoms with van der Waals surface area (Å²) in [5, 5.41) is 0. The van der Waals surface area contributed by atoms with Crippen LogP contribution in [0.2, 0.25) is 0 Å². The second-order valence-corrected chi connectivity index (χ2v) is 6.19. The molecule has 0 saturated heterocycles. The molecule has 1 aliphatic heterocycles. The number of fused-ring (bicyclic) bond motifs is 3. The molecule has 2 N–H and O–H groups in total. The predicted octanol–water partition coefficient (Wildman–Crippen LogP) is 2.33. The van der Waals surface area contributed by atoms with E-state index in [1.54, 1.807) is 7.11 Å². The molecular formula is C18H21N5O3. The minimum Gasteiger partial charge on any atom is -0.496 e. The van der Waals surface area contributed by atoms with Crippen LogP contribution in [0.3, 0.4) is 0 Å². The van der Waals surface area contributed by atoms with Crippen molar-refractivity contribution >= 4 is 17.0 Å². The molecule has 3 heterocycles. The molecule has 0 aliphatic carbocycles. The lowest BCUT2D eigenvalue weighted by atomic mass is 10.2. The largest absolute Gasteiger partial charge is 0.496 e. The quantitative estimate of drug-likeness (QED) is 0.715. The maximum Gasteiger partial charge on any atom is 0.320 e. The molecule has 4 bridgehead atoms. The number of aryl methyl sites for hydroxylation is 1. The third-order valence-corrected chi connectivity index (χ3v) is 4.41. The zero-order valence-corrected chi connectivity index (χ0v) is 14.9. The Hall–Kier alpha value is -3.03. The standard InChI is InChI=1S/C18H21N5O3/c1-11-20-15-16(19)21-18-22-17(15)23(11)10-12-9-13(5-6-14(12)24-2)25-7-3-4-8-26-18/h5-6,9H,3-4,7-8,10H2,1-2H3,(H2,19,21,22). The second-order valence-electron chi connectivity index (χ2n) is 6.19. The topological polar surface area (TPSA) is 97.3 Å². The molecule has 0 unspecified atom stereocenters. The van der Waals surface area contributed by atoms with Crippen molar-refractivity contribution in [1.29, 1.82) is 0 Å². The van der Waals surface area contributed by atoms with Gasteiger partial charge in [-0.15, -0.1) is 0 Å². The van der Waals surface area contributed by atoms with E-state index in [2.05, 4.69) is 15.0 Å². The summed E-state index contributed by atoms with van der Waals surface area (Å²) >= 11 is 0. The number of nitrogens with two attached hydrogens (primary N) is 1. The lowest BCUT2D eigenvalue weighted by Gasteiger charge is -2.14. The Morgan fingerprint density at radius 2 is 1.92 bits per heavy atom. The van der Waals surface area contributed by atoms with Crippen molar-refractivity contribution in [2.45, 2.75) is 26.3 Å². The van der Waals surface area contributed by atoms with E-state index in [9.17, 15) is 0 Å². The fraction of sp³-hybridized carbons (Fsp3) is 0.389. The Balaban J connectivity index is 1.87. The van der Waals surface area contributed by atoms with Gasteiger partial charge in [0.05, 0.1) is 26.9 Å². The molecule has 26 heavy (non-hydrogen) atoms. The number of anilines is 1. The first-order valence-electron chi connectivity index (χ1n) is 8.58. The lowest BCUT2D eigenvalue weighted by molar-refractivity contribution is 0.255. The van der Waals surface area contributed by atoms with E-state index < -0.39 is 0 Å². The van der Waals surface area contributed by atoms with E-state index in [-0.39, 0.29) is 6.01 Å². The van der Waals surface area contributed by atoms with Crippen LogP contribution in [0.15, 0.2) is 18.2 Å². The van der Waals surface area contributed by atoms with Crippen LogP contribution in [-0.4, -0.2) is 39.8 Å². The molecule has 4 rings (SSSR count). The van der Waals surface area contributed by atoms with Crippen molar-refractivity contribution < 1.29 is 14.2 Å². The Labute approximate surface area is 150 Å². The van der Waals surface area contributed by atoms with Gasteiger partial charge in [-0.2, -0.15) is 9.97 Å². The summed E-state index contributed by atoms with van der Waals surface area (Å²) in [5.41, 5.74) is 8.28. The number of benzene rings is 1. The first-order valence-corrected chi connectivity index (χ1v) is 8.58. The number of hydrogen-bond acceptors (Lipinski definition) is 7. The van der Waals surface area contributed by atoms with Crippen LogP contribution in [-0.2, 0) is 6.54 Å². The number of nitrogens with zero attached hydrogens (tertiary/aromatic N) is 4. The highest BCUT2D eigenvalue weighted by Crippen LogP contribution is 2.28. The van der Waals surface area contributed by atoms with Crippen LogP contribution >= 0.6 is 0 Å². The molecule has 0 saturated carbocycles. The van der Waals surface area contributed by atoms with Gasteiger partial charge in [0.15, 0.2) is 17.0 Å².